The standard InChI is InChI=1S/C17H16FN3O2/c18-12-1-4-15-16(8-12)21(6-5-20(15)13-2-3-13)17(23)11-7-14(22)10-19-9-11/h1,4,7-10,13,22H,2-3,5-6H2. The minimum Gasteiger partial charge on any atom is -0.506 e. The molecule has 2 heterocycles. The molecule has 4 rings (SSSR count). The fraction of sp³-hybridized carbons (Fsp3) is 0.294. The molecule has 1 saturated carbocycles. The Balaban J connectivity index is 1.73. The number of hydrogen-bond acceptors (Lipinski definition) is 4. The molecule has 0 spiro atoms. The van der Waals surface area contributed by atoms with E-state index in [0.717, 1.165) is 25.1 Å². The van der Waals surface area contributed by atoms with Crippen molar-refractivity contribution in [3.8, 4) is 5.75 Å². The molecule has 1 aromatic heterocycles. The Morgan fingerprint density at radius 1 is 1.17 bits per heavy atom. The number of amides is 1. The van der Waals surface area contributed by atoms with Crippen molar-refractivity contribution in [3.63, 3.8) is 0 Å². The lowest BCUT2D eigenvalue weighted by Gasteiger charge is -2.38. The molecular formula is C17H16FN3O2. The third-order valence-electron chi connectivity index (χ3n) is 4.31. The van der Waals surface area contributed by atoms with E-state index in [1.807, 2.05) is 0 Å². The first kappa shape index (κ1) is 14.0. The van der Waals surface area contributed by atoms with Crippen LogP contribution in [0.5, 0.6) is 5.75 Å². The summed E-state index contributed by atoms with van der Waals surface area (Å²) in [6.45, 7) is 1.21. The van der Waals surface area contributed by atoms with E-state index in [9.17, 15) is 14.3 Å². The van der Waals surface area contributed by atoms with Crippen LogP contribution in [0.1, 0.15) is 23.2 Å². The van der Waals surface area contributed by atoms with Gasteiger partial charge in [0.2, 0.25) is 0 Å². The Morgan fingerprint density at radius 3 is 2.74 bits per heavy atom. The highest BCUT2D eigenvalue weighted by Crippen LogP contribution is 2.40. The fourth-order valence-corrected chi connectivity index (χ4v) is 3.08. The number of carbonyl (C=O) groups excluding carboxylic acids is 1. The maximum atomic E-state index is 13.7. The predicted molar refractivity (Wildman–Crippen MR) is 84.3 cm³/mol. The lowest BCUT2D eigenvalue weighted by Crippen LogP contribution is -2.45. The zero-order valence-corrected chi connectivity index (χ0v) is 12.4. The normalized spacial score (nSPS) is 17.1. The molecular weight excluding hydrogens is 297 g/mol. The molecule has 1 N–H and O–H groups in total. The van der Waals surface area contributed by atoms with Crippen molar-refractivity contribution in [2.75, 3.05) is 22.9 Å². The van der Waals surface area contributed by atoms with Gasteiger partial charge in [0.25, 0.3) is 5.91 Å². The van der Waals surface area contributed by atoms with Crippen LogP contribution in [0.25, 0.3) is 0 Å². The Labute approximate surface area is 133 Å². The zero-order chi connectivity index (χ0) is 16.0. The molecule has 1 aliphatic carbocycles. The number of anilines is 2. The number of aromatic hydroxyl groups is 1. The van der Waals surface area contributed by atoms with Gasteiger partial charge >= 0.3 is 0 Å². The highest BCUT2D eigenvalue weighted by molar-refractivity contribution is 6.08. The van der Waals surface area contributed by atoms with Crippen molar-refractivity contribution >= 4 is 17.3 Å². The minimum atomic E-state index is -0.367. The summed E-state index contributed by atoms with van der Waals surface area (Å²) in [4.78, 5) is 20.4. The van der Waals surface area contributed by atoms with E-state index in [2.05, 4.69) is 9.88 Å². The predicted octanol–water partition coefficient (Wildman–Crippen LogP) is 2.56. The Bertz CT molecular complexity index is 776. The van der Waals surface area contributed by atoms with Crippen LogP contribution in [0.2, 0.25) is 0 Å². The molecule has 118 valence electrons. The maximum Gasteiger partial charge on any atom is 0.260 e. The summed E-state index contributed by atoms with van der Waals surface area (Å²) in [7, 11) is 0. The smallest absolute Gasteiger partial charge is 0.260 e. The molecule has 0 radical (unpaired) electrons. The van der Waals surface area contributed by atoms with E-state index in [0.29, 0.717) is 23.8 Å². The van der Waals surface area contributed by atoms with Gasteiger partial charge in [-0.3, -0.25) is 9.78 Å². The average molecular weight is 313 g/mol. The summed E-state index contributed by atoms with van der Waals surface area (Å²) in [5, 5.41) is 9.52. The van der Waals surface area contributed by atoms with Crippen molar-refractivity contribution in [2.45, 2.75) is 18.9 Å². The van der Waals surface area contributed by atoms with Crippen LogP contribution < -0.4 is 9.80 Å². The van der Waals surface area contributed by atoms with Crippen LogP contribution in [0, 0.1) is 5.82 Å². The number of hydrogen-bond donors (Lipinski definition) is 1. The Morgan fingerprint density at radius 2 is 2.00 bits per heavy atom. The molecule has 23 heavy (non-hydrogen) atoms. The van der Waals surface area contributed by atoms with Crippen LogP contribution in [0.15, 0.2) is 36.7 Å². The number of carbonyl (C=O) groups is 1. The third kappa shape index (κ3) is 2.50. The summed E-state index contributed by atoms with van der Waals surface area (Å²) in [6, 6.07) is 6.44. The molecule has 6 heteroatoms. The summed E-state index contributed by atoms with van der Waals surface area (Å²) >= 11 is 0. The van der Waals surface area contributed by atoms with Crippen LogP contribution in [0.4, 0.5) is 15.8 Å². The van der Waals surface area contributed by atoms with Crippen LogP contribution in [-0.2, 0) is 0 Å². The van der Waals surface area contributed by atoms with Crippen LogP contribution in [-0.4, -0.2) is 35.1 Å². The molecule has 1 fully saturated rings. The molecule has 0 atom stereocenters. The second-order valence-corrected chi connectivity index (χ2v) is 5.95. The van der Waals surface area contributed by atoms with Crippen molar-refractivity contribution < 1.29 is 14.3 Å². The van der Waals surface area contributed by atoms with Crippen LogP contribution >= 0.6 is 0 Å². The van der Waals surface area contributed by atoms with Gasteiger partial charge in [-0.1, -0.05) is 0 Å². The second-order valence-electron chi connectivity index (χ2n) is 5.95. The second kappa shape index (κ2) is 5.22. The third-order valence-corrected chi connectivity index (χ3v) is 4.31. The molecule has 2 aromatic rings. The summed E-state index contributed by atoms with van der Waals surface area (Å²) in [5.41, 5.74) is 1.76. The summed E-state index contributed by atoms with van der Waals surface area (Å²) in [6.07, 6.45) is 4.96. The topological polar surface area (TPSA) is 56.7 Å². The molecule has 1 amide bonds. The first-order valence-electron chi connectivity index (χ1n) is 7.65. The molecule has 1 aromatic carbocycles. The largest absolute Gasteiger partial charge is 0.506 e. The number of benzene rings is 1. The van der Waals surface area contributed by atoms with E-state index in [1.165, 1.54) is 30.6 Å². The number of rotatable bonds is 2. The number of aromatic nitrogens is 1. The molecule has 2 aliphatic rings. The van der Waals surface area contributed by atoms with Gasteiger partial charge in [-0.25, -0.2) is 4.39 Å². The number of pyridine rings is 1. The average Bonchev–Trinajstić information content (AvgIpc) is 3.38. The van der Waals surface area contributed by atoms with Gasteiger partial charge in [-0.15, -0.1) is 0 Å². The number of fused-ring (bicyclic) bond motifs is 1. The molecule has 1 aliphatic heterocycles. The molecule has 0 saturated heterocycles. The maximum absolute atomic E-state index is 13.7. The number of halogens is 1. The summed E-state index contributed by atoms with van der Waals surface area (Å²) in [5.74, 6) is -0.712. The van der Waals surface area contributed by atoms with E-state index >= 15 is 0 Å². The first-order chi connectivity index (χ1) is 11.1. The highest BCUT2D eigenvalue weighted by Gasteiger charge is 2.36. The van der Waals surface area contributed by atoms with E-state index < -0.39 is 0 Å². The SMILES string of the molecule is O=C(c1cncc(O)c1)N1CCN(C2CC2)c2ccc(F)cc21. The van der Waals surface area contributed by atoms with Gasteiger partial charge in [0, 0.05) is 25.3 Å². The fourth-order valence-electron chi connectivity index (χ4n) is 3.08. The highest BCUT2D eigenvalue weighted by atomic mass is 19.1. The molecule has 0 unspecified atom stereocenters. The monoisotopic (exact) mass is 313 g/mol. The lowest BCUT2D eigenvalue weighted by atomic mass is 10.1. The quantitative estimate of drug-likeness (QED) is 0.926. The van der Waals surface area contributed by atoms with Crippen molar-refractivity contribution in [2.24, 2.45) is 0 Å². The van der Waals surface area contributed by atoms with Crippen molar-refractivity contribution in [1.29, 1.82) is 0 Å². The first-order valence-corrected chi connectivity index (χ1v) is 7.65. The lowest BCUT2D eigenvalue weighted by molar-refractivity contribution is 0.0985. The van der Waals surface area contributed by atoms with Crippen molar-refractivity contribution in [1.82, 2.24) is 4.98 Å². The van der Waals surface area contributed by atoms with Gasteiger partial charge in [0.15, 0.2) is 0 Å². The summed E-state index contributed by atoms with van der Waals surface area (Å²) < 4.78 is 13.7. The van der Waals surface area contributed by atoms with E-state index in [-0.39, 0.29) is 17.5 Å². The van der Waals surface area contributed by atoms with E-state index in [1.54, 1.807) is 11.0 Å². The number of nitrogens with zero attached hydrogens (tertiary/aromatic N) is 3. The van der Waals surface area contributed by atoms with Gasteiger partial charge in [-0.05, 0) is 37.1 Å². The zero-order valence-electron chi connectivity index (χ0n) is 12.4. The minimum absolute atomic E-state index is 0.0630. The molecule has 5 nitrogen and oxygen atoms in total. The van der Waals surface area contributed by atoms with E-state index in [4.69, 9.17) is 0 Å². The van der Waals surface area contributed by atoms with Gasteiger partial charge < -0.3 is 14.9 Å². The molecule has 0 bridgehead atoms. The Kier molecular flexibility index (Phi) is 3.18. The Hall–Kier alpha value is -2.63. The van der Waals surface area contributed by atoms with Crippen LogP contribution in [0.3, 0.4) is 0 Å². The van der Waals surface area contributed by atoms with Gasteiger partial charge in [0.1, 0.15) is 11.6 Å². The van der Waals surface area contributed by atoms with Gasteiger partial charge in [0.05, 0.1) is 23.1 Å². The van der Waals surface area contributed by atoms with Gasteiger partial charge in [-0.2, -0.15) is 0 Å². The van der Waals surface area contributed by atoms with Crippen molar-refractivity contribution in [3.05, 3.63) is 48.0 Å².